The molecule has 0 spiro atoms. The first-order valence-corrected chi connectivity index (χ1v) is 6.34. The number of amides is 1. The zero-order chi connectivity index (χ0) is 12.3. The topological polar surface area (TPSA) is 86.2 Å². The first-order chi connectivity index (χ1) is 7.41. The number of carbonyl (C=O) groups excluding carboxylic acids is 1. The van der Waals surface area contributed by atoms with E-state index in [4.69, 9.17) is 23.1 Å². The minimum Gasteiger partial charge on any atom is -0.398 e. The fourth-order valence-electron chi connectivity index (χ4n) is 1.10. The second kappa shape index (κ2) is 5.32. The van der Waals surface area contributed by atoms with Gasteiger partial charge in [0.15, 0.2) is 0 Å². The molecule has 0 saturated carbocycles. The molecule has 0 fully saturated rings. The summed E-state index contributed by atoms with van der Waals surface area (Å²) < 4.78 is 11.9. The number of halogens is 1. The molecule has 0 radical (unpaired) electrons. The lowest BCUT2D eigenvalue weighted by Gasteiger charge is -2.09. The molecule has 0 heterocycles. The molecule has 4 nitrogen and oxygen atoms in total. The van der Waals surface area contributed by atoms with E-state index in [0.717, 1.165) is 0 Å². The molecule has 1 amide bonds. The zero-order valence-electron chi connectivity index (χ0n) is 8.77. The van der Waals surface area contributed by atoms with Gasteiger partial charge in [-0.25, -0.2) is 0 Å². The van der Waals surface area contributed by atoms with Gasteiger partial charge in [-0.2, -0.15) is 0 Å². The van der Waals surface area contributed by atoms with E-state index >= 15 is 0 Å². The van der Waals surface area contributed by atoms with Gasteiger partial charge in [-0.3, -0.25) is 9.00 Å². The van der Waals surface area contributed by atoms with Crippen molar-refractivity contribution in [3.63, 3.8) is 0 Å². The van der Waals surface area contributed by atoms with Crippen molar-refractivity contribution in [2.24, 2.45) is 11.7 Å². The predicted octanol–water partition coefficient (Wildman–Crippen LogP) is 1.15. The second-order valence-electron chi connectivity index (χ2n) is 3.50. The number of nitrogens with two attached hydrogens (primary N) is 2. The fourth-order valence-corrected chi connectivity index (χ4v) is 2.73. The largest absolute Gasteiger partial charge is 0.398 e. The number of nitrogen functional groups attached to an aromatic ring is 1. The fraction of sp³-hybridized carbons (Fsp3) is 0.300. The van der Waals surface area contributed by atoms with Crippen LogP contribution < -0.4 is 11.5 Å². The third-order valence-electron chi connectivity index (χ3n) is 2.11. The van der Waals surface area contributed by atoms with E-state index in [1.54, 1.807) is 25.1 Å². The highest BCUT2D eigenvalue weighted by molar-refractivity contribution is 7.85. The van der Waals surface area contributed by atoms with Crippen molar-refractivity contribution in [1.82, 2.24) is 0 Å². The van der Waals surface area contributed by atoms with E-state index in [9.17, 15) is 9.00 Å². The molecule has 0 aromatic heterocycles. The smallest absolute Gasteiger partial charge is 0.221 e. The number of carbonyl (C=O) groups is 1. The lowest BCUT2D eigenvalue weighted by Crippen LogP contribution is -2.25. The number of rotatable bonds is 4. The Hall–Kier alpha value is -1.07. The maximum atomic E-state index is 11.9. The summed E-state index contributed by atoms with van der Waals surface area (Å²) in [5.41, 5.74) is 11.2. The summed E-state index contributed by atoms with van der Waals surface area (Å²) in [5.74, 6) is -0.784. The molecule has 1 aromatic carbocycles. The summed E-state index contributed by atoms with van der Waals surface area (Å²) in [6.45, 7) is 1.63. The van der Waals surface area contributed by atoms with E-state index in [1.807, 2.05) is 0 Å². The van der Waals surface area contributed by atoms with Crippen LogP contribution >= 0.6 is 11.6 Å². The van der Waals surface area contributed by atoms with Gasteiger partial charge >= 0.3 is 0 Å². The Balaban J connectivity index is 2.88. The van der Waals surface area contributed by atoms with E-state index in [1.165, 1.54) is 0 Å². The van der Waals surface area contributed by atoms with Gasteiger partial charge in [0.05, 0.1) is 15.7 Å². The van der Waals surface area contributed by atoms with Crippen molar-refractivity contribution < 1.29 is 9.00 Å². The summed E-state index contributed by atoms with van der Waals surface area (Å²) in [6, 6.07) is 4.75. The van der Waals surface area contributed by atoms with Crippen LogP contribution in [0.2, 0.25) is 5.02 Å². The molecule has 0 saturated heterocycles. The molecule has 16 heavy (non-hydrogen) atoms. The van der Waals surface area contributed by atoms with Crippen LogP contribution in [0.3, 0.4) is 0 Å². The van der Waals surface area contributed by atoms with Crippen LogP contribution in [-0.2, 0) is 15.6 Å². The quantitative estimate of drug-likeness (QED) is 0.797. The van der Waals surface area contributed by atoms with Crippen molar-refractivity contribution in [1.29, 1.82) is 0 Å². The Bertz CT molecular complexity index is 437. The average molecular weight is 261 g/mol. The molecule has 0 aliphatic carbocycles. The van der Waals surface area contributed by atoms with Crippen molar-refractivity contribution in [3.8, 4) is 0 Å². The van der Waals surface area contributed by atoms with E-state index in [-0.39, 0.29) is 5.75 Å². The molecule has 1 aromatic rings. The molecule has 0 aliphatic heterocycles. The minimum absolute atomic E-state index is 0.153. The average Bonchev–Trinajstić information content (AvgIpc) is 2.21. The van der Waals surface area contributed by atoms with Crippen LogP contribution in [0, 0.1) is 5.92 Å². The highest BCUT2D eigenvalue weighted by atomic mass is 35.5. The number of hydrogen-bond acceptors (Lipinski definition) is 3. The molecule has 6 heteroatoms. The van der Waals surface area contributed by atoms with Gasteiger partial charge in [0, 0.05) is 22.4 Å². The van der Waals surface area contributed by atoms with Crippen LogP contribution in [0.4, 0.5) is 5.69 Å². The monoisotopic (exact) mass is 260 g/mol. The van der Waals surface area contributed by atoms with E-state index in [0.29, 0.717) is 15.6 Å². The summed E-state index contributed by atoms with van der Waals surface area (Å²) in [4.78, 5) is 11.3. The van der Waals surface area contributed by atoms with Crippen molar-refractivity contribution in [2.45, 2.75) is 11.8 Å². The van der Waals surface area contributed by atoms with Gasteiger partial charge in [0.2, 0.25) is 5.91 Å². The van der Waals surface area contributed by atoms with Crippen LogP contribution in [0.25, 0.3) is 0 Å². The molecule has 4 N–H and O–H groups in total. The summed E-state index contributed by atoms with van der Waals surface area (Å²) in [7, 11) is -1.37. The van der Waals surface area contributed by atoms with Crippen molar-refractivity contribution in [3.05, 3.63) is 23.2 Å². The van der Waals surface area contributed by atoms with Crippen molar-refractivity contribution >= 4 is 34.0 Å². The molecular weight excluding hydrogens is 248 g/mol. The standard InChI is InChI=1S/C10H13ClN2O2S/c1-6(10(13)14)5-16(15)9-4-7(11)2-3-8(9)12/h2-4,6H,5,12H2,1H3,(H2,13,14). The SMILES string of the molecule is CC(CS(=O)c1cc(Cl)ccc1N)C(N)=O. The van der Waals surface area contributed by atoms with Gasteiger partial charge in [-0.15, -0.1) is 0 Å². The Morgan fingerprint density at radius 1 is 1.56 bits per heavy atom. The van der Waals surface area contributed by atoms with Gasteiger partial charge in [0.25, 0.3) is 0 Å². The molecular formula is C10H13ClN2O2S. The van der Waals surface area contributed by atoms with Crippen LogP contribution in [0.1, 0.15) is 6.92 Å². The highest BCUT2D eigenvalue weighted by Gasteiger charge is 2.16. The summed E-state index contributed by atoms with van der Waals surface area (Å²) >= 11 is 5.78. The van der Waals surface area contributed by atoms with Gasteiger partial charge in [-0.1, -0.05) is 18.5 Å². The highest BCUT2D eigenvalue weighted by Crippen LogP contribution is 2.22. The molecule has 0 aliphatic rings. The first-order valence-electron chi connectivity index (χ1n) is 4.64. The molecule has 0 bridgehead atoms. The zero-order valence-corrected chi connectivity index (χ0v) is 10.3. The number of hydrogen-bond donors (Lipinski definition) is 2. The van der Waals surface area contributed by atoms with Crippen molar-refractivity contribution in [2.75, 3.05) is 11.5 Å². The Labute approximate surface area is 101 Å². The normalized spacial score (nSPS) is 14.4. The predicted molar refractivity (Wildman–Crippen MR) is 65.5 cm³/mol. The van der Waals surface area contributed by atoms with Crippen LogP contribution in [0.5, 0.6) is 0 Å². The first kappa shape index (κ1) is 13.0. The Morgan fingerprint density at radius 3 is 2.75 bits per heavy atom. The Kier molecular flexibility index (Phi) is 4.32. The minimum atomic E-state index is -1.37. The lowest BCUT2D eigenvalue weighted by molar-refractivity contribution is -0.120. The van der Waals surface area contributed by atoms with Gasteiger partial charge in [0.1, 0.15) is 0 Å². The molecule has 88 valence electrons. The van der Waals surface area contributed by atoms with E-state index < -0.39 is 22.6 Å². The number of primary amides is 1. The number of benzene rings is 1. The molecule has 2 unspecified atom stereocenters. The maximum absolute atomic E-state index is 11.9. The summed E-state index contributed by atoms with van der Waals surface area (Å²) in [6.07, 6.45) is 0. The van der Waals surface area contributed by atoms with Crippen LogP contribution in [0.15, 0.2) is 23.1 Å². The van der Waals surface area contributed by atoms with Gasteiger partial charge < -0.3 is 11.5 Å². The second-order valence-corrected chi connectivity index (χ2v) is 5.40. The Morgan fingerprint density at radius 2 is 2.19 bits per heavy atom. The summed E-state index contributed by atoms with van der Waals surface area (Å²) in [5, 5.41) is 0.462. The third-order valence-corrected chi connectivity index (χ3v) is 3.99. The van der Waals surface area contributed by atoms with E-state index in [2.05, 4.69) is 0 Å². The lowest BCUT2D eigenvalue weighted by atomic mass is 10.2. The van der Waals surface area contributed by atoms with Gasteiger partial charge in [-0.05, 0) is 18.2 Å². The molecule has 2 atom stereocenters. The third kappa shape index (κ3) is 3.21. The number of anilines is 1. The maximum Gasteiger partial charge on any atom is 0.221 e. The van der Waals surface area contributed by atoms with Crippen LogP contribution in [-0.4, -0.2) is 15.9 Å². The molecule has 1 rings (SSSR count).